The highest BCUT2D eigenvalue weighted by atomic mass is 16.3. The Morgan fingerprint density at radius 3 is 2.63 bits per heavy atom. The van der Waals surface area contributed by atoms with Crippen LogP contribution in [0.2, 0.25) is 0 Å². The van der Waals surface area contributed by atoms with Crippen molar-refractivity contribution in [3.05, 3.63) is 29.8 Å². The van der Waals surface area contributed by atoms with Gasteiger partial charge in [0.25, 0.3) is 0 Å². The average Bonchev–Trinajstić information content (AvgIpc) is 2.66. The van der Waals surface area contributed by atoms with Crippen molar-refractivity contribution in [3.8, 4) is 5.75 Å². The van der Waals surface area contributed by atoms with Crippen LogP contribution < -0.4 is 0 Å². The molecule has 106 valence electrons. The smallest absolute Gasteiger partial charge is 0.115 e. The largest absolute Gasteiger partial charge is 0.508 e. The minimum atomic E-state index is -3.87. The van der Waals surface area contributed by atoms with E-state index < -0.39 is 80.3 Å². The predicted octanol–water partition coefficient (Wildman–Crippen LogP) is 2.73. The van der Waals surface area contributed by atoms with Crippen LogP contribution in [0.15, 0.2) is 24.2 Å². The molecule has 1 aliphatic carbocycles. The summed E-state index contributed by atoms with van der Waals surface area (Å²) < 4.78 is 120. The van der Waals surface area contributed by atoms with Crippen molar-refractivity contribution in [1.29, 1.82) is 0 Å². The van der Waals surface area contributed by atoms with Gasteiger partial charge >= 0.3 is 0 Å². The van der Waals surface area contributed by atoms with Gasteiger partial charge in [-0.2, -0.15) is 0 Å². The molecule has 0 aliphatic heterocycles. The molecular weight excluding hydrogens is 238 g/mol. The standard InChI is InChI=1S/C16H25NO2/c1-17(2)12-15(13-6-8-14(18)9-7-13)16(19)10-4-3-5-11-16/h6-9,15,18-19H,3-5,10-12H2,1-2H3/i1D3,3D2,4D2,5D2,8D,9D,10D2,11D2. The molecule has 0 amide bonds. The van der Waals surface area contributed by atoms with Crippen molar-refractivity contribution in [2.24, 2.45) is 0 Å². The summed E-state index contributed by atoms with van der Waals surface area (Å²) in [5.41, 5.74) is -4.22. The van der Waals surface area contributed by atoms with Gasteiger partial charge in [-0.1, -0.05) is 31.3 Å². The second-order valence-electron chi connectivity index (χ2n) is 4.25. The first-order valence-electron chi connectivity index (χ1n) is 13.1. The number of phenolic OH excluding ortho intramolecular Hbond substituents is 1. The summed E-state index contributed by atoms with van der Waals surface area (Å²) in [6.07, 6.45) is -19.2. The number of phenols is 1. The van der Waals surface area contributed by atoms with E-state index in [0.29, 0.717) is 4.90 Å². The molecule has 19 heavy (non-hydrogen) atoms. The van der Waals surface area contributed by atoms with Crippen LogP contribution in [0.1, 0.15) is 63.9 Å². The Morgan fingerprint density at radius 2 is 2.05 bits per heavy atom. The van der Waals surface area contributed by atoms with Gasteiger partial charge in [0.1, 0.15) is 5.75 Å². The van der Waals surface area contributed by atoms with Crippen molar-refractivity contribution >= 4 is 0 Å². The summed E-state index contributed by atoms with van der Waals surface area (Å²) >= 11 is 0. The van der Waals surface area contributed by atoms with Crippen LogP contribution in [0.5, 0.6) is 5.75 Å². The van der Waals surface area contributed by atoms with Gasteiger partial charge in [-0.25, -0.2) is 0 Å². The molecule has 0 spiro atoms. The molecule has 2 rings (SSSR count). The Balaban J connectivity index is 3.00. The molecule has 0 saturated heterocycles. The molecule has 3 heteroatoms. The van der Waals surface area contributed by atoms with E-state index in [9.17, 15) is 10.2 Å². The first-order chi connectivity index (χ1) is 14.8. The summed E-state index contributed by atoms with van der Waals surface area (Å²) in [6, 6.07) is 0.158. The lowest BCUT2D eigenvalue weighted by Gasteiger charge is -2.40. The number of hydrogen-bond acceptors (Lipinski definition) is 3. The molecule has 1 aromatic rings. The maximum Gasteiger partial charge on any atom is 0.115 e. The third-order valence-corrected chi connectivity index (χ3v) is 2.75. The SMILES string of the molecule is [2H]c1cc(C(CN(C)C([2H])([2H])[2H])C2(O)C([2H])([2H])C([2H])([2H])C([2H])([2H])C([2H])([2H])C2([2H])[2H])cc([2H])c1O. The molecule has 3 nitrogen and oxygen atoms in total. The average molecular weight is 278 g/mol. The van der Waals surface area contributed by atoms with Crippen LogP contribution in [0.3, 0.4) is 0 Å². The lowest BCUT2D eigenvalue weighted by molar-refractivity contribution is -0.0277. The molecule has 1 unspecified atom stereocenters. The monoisotopic (exact) mass is 278 g/mol. The van der Waals surface area contributed by atoms with Gasteiger partial charge in [-0.15, -0.1) is 0 Å². The first kappa shape index (κ1) is 4.47. The summed E-state index contributed by atoms with van der Waals surface area (Å²) in [5.74, 6) is -2.96. The van der Waals surface area contributed by atoms with Gasteiger partial charge in [0.2, 0.25) is 0 Å². The molecule has 0 radical (unpaired) electrons. The van der Waals surface area contributed by atoms with Gasteiger partial charge in [0, 0.05) is 30.3 Å². The molecule has 2 N–H and O–H groups in total. The van der Waals surface area contributed by atoms with E-state index >= 15 is 0 Å². The Hall–Kier alpha value is -1.06. The quantitative estimate of drug-likeness (QED) is 0.890. The van der Waals surface area contributed by atoms with Crippen molar-refractivity contribution in [3.63, 3.8) is 0 Å². The Kier molecular flexibility index (Phi) is 1.39. The van der Waals surface area contributed by atoms with Gasteiger partial charge in [-0.05, 0) is 44.4 Å². The highest BCUT2D eigenvalue weighted by molar-refractivity contribution is 5.30. The number of likely N-dealkylation sites (N-methyl/N-ethyl adjacent to an activating group) is 1. The molecular formula is C16H25NO2. The Bertz CT molecular complexity index is 905. The zero-order valence-electron chi connectivity index (χ0n) is 25.3. The third-order valence-electron chi connectivity index (χ3n) is 2.75. The minimum absolute atomic E-state index is 0.451. The lowest BCUT2D eigenvalue weighted by Crippen LogP contribution is -2.42. The van der Waals surface area contributed by atoms with Crippen LogP contribution in [0.4, 0.5) is 0 Å². The first-order valence-corrected chi connectivity index (χ1v) is 5.57. The summed E-state index contributed by atoms with van der Waals surface area (Å²) in [4.78, 5) is 0.580. The summed E-state index contributed by atoms with van der Waals surface area (Å²) in [6.45, 7) is -3.83. The Morgan fingerprint density at radius 1 is 1.42 bits per heavy atom. The zero-order chi connectivity index (χ0) is 27.1. The highest BCUT2D eigenvalue weighted by Crippen LogP contribution is 2.40. The molecule has 0 bridgehead atoms. The van der Waals surface area contributed by atoms with Crippen LogP contribution in [0.25, 0.3) is 0 Å². The molecule has 1 aromatic carbocycles. The number of benzene rings is 1. The normalized spacial score (nSPS) is 45.9. The van der Waals surface area contributed by atoms with Crippen LogP contribution in [-0.2, 0) is 0 Å². The van der Waals surface area contributed by atoms with Crippen molar-refractivity contribution in [2.45, 2.75) is 43.4 Å². The molecule has 1 saturated carbocycles. The Labute approximate surface area is 136 Å². The van der Waals surface area contributed by atoms with E-state index in [1.165, 1.54) is 0 Å². The second kappa shape index (κ2) is 5.93. The topological polar surface area (TPSA) is 43.7 Å². The van der Waals surface area contributed by atoms with E-state index in [0.717, 1.165) is 19.2 Å². The summed E-state index contributed by atoms with van der Waals surface area (Å²) in [5, 5.41) is 21.5. The van der Waals surface area contributed by atoms with E-state index in [-0.39, 0.29) is 0 Å². The third kappa shape index (κ3) is 3.48. The van der Waals surface area contributed by atoms with E-state index in [4.69, 9.17) is 20.6 Å². The number of hydrogen-bond donors (Lipinski definition) is 2. The van der Waals surface area contributed by atoms with E-state index in [1.807, 2.05) is 0 Å². The van der Waals surface area contributed by atoms with E-state index in [1.54, 1.807) is 0 Å². The summed E-state index contributed by atoms with van der Waals surface area (Å²) in [7, 11) is 1.00. The molecule has 1 aliphatic rings. The van der Waals surface area contributed by atoms with Crippen molar-refractivity contribution < 1.29 is 30.8 Å². The van der Waals surface area contributed by atoms with Crippen molar-refractivity contribution in [1.82, 2.24) is 4.90 Å². The fourth-order valence-corrected chi connectivity index (χ4v) is 1.83. The maximum absolute atomic E-state index is 11.7. The van der Waals surface area contributed by atoms with Gasteiger partial charge < -0.3 is 15.1 Å². The van der Waals surface area contributed by atoms with Crippen LogP contribution in [0, 0.1) is 0 Å². The minimum Gasteiger partial charge on any atom is -0.508 e. The lowest BCUT2D eigenvalue weighted by atomic mass is 9.72. The predicted molar refractivity (Wildman–Crippen MR) is 77.4 cm³/mol. The zero-order valence-corrected chi connectivity index (χ0v) is 10.3. The van der Waals surface area contributed by atoms with Crippen LogP contribution in [-0.4, -0.2) is 41.3 Å². The van der Waals surface area contributed by atoms with Gasteiger partial charge in [0.15, 0.2) is 0 Å². The number of aromatic hydroxyl groups is 1. The number of nitrogens with zero attached hydrogens (tertiary/aromatic N) is 1. The van der Waals surface area contributed by atoms with Crippen LogP contribution >= 0.6 is 0 Å². The van der Waals surface area contributed by atoms with Crippen molar-refractivity contribution in [2.75, 3.05) is 20.6 Å². The molecule has 0 aromatic heterocycles. The fourth-order valence-electron chi connectivity index (χ4n) is 1.83. The number of rotatable bonds is 4. The van der Waals surface area contributed by atoms with E-state index in [2.05, 4.69) is 0 Å². The second-order valence-corrected chi connectivity index (χ2v) is 4.25. The molecule has 1 atom stereocenters. The van der Waals surface area contributed by atoms with Gasteiger partial charge in [0.05, 0.1) is 8.34 Å². The maximum atomic E-state index is 11.7. The van der Waals surface area contributed by atoms with Gasteiger partial charge in [-0.3, -0.25) is 0 Å². The molecule has 1 fully saturated rings. The highest BCUT2D eigenvalue weighted by Gasteiger charge is 2.38. The fraction of sp³-hybridized carbons (Fsp3) is 0.625. The number of aliphatic hydroxyl groups is 1. The molecule has 0 heterocycles.